The Balaban J connectivity index is 0.000000158. The molecule has 2 N–H and O–H groups in total. The van der Waals surface area contributed by atoms with Gasteiger partial charge in [0.05, 0.1) is 17.3 Å². The number of rotatable bonds is 3. The van der Waals surface area contributed by atoms with Crippen molar-refractivity contribution in [3.8, 4) is 11.4 Å². The van der Waals surface area contributed by atoms with Crippen molar-refractivity contribution in [3.05, 3.63) is 70.9 Å². The van der Waals surface area contributed by atoms with Crippen molar-refractivity contribution in [2.24, 2.45) is 5.73 Å². The monoisotopic (exact) mass is 417 g/mol. The standard InChI is InChI=1S/C15H18N2O.C9H9N3O/c1-9(2)15-16-14(17-18-15)12-6-7-13-10(3)4-5-11(13)8-12;1-6-2-3-12-8(4-6)7(5-11-12)9(10)13/h6-10H,4-5H2,1-3H3;2-5H,1H3,(H2,10,13)/t10-;/m1./s1. The highest BCUT2D eigenvalue weighted by Gasteiger charge is 2.20. The van der Waals surface area contributed by atoms with Crippen LogP contribution in [-0.4, -0.2) is 25.7 Å². The van der Waals surface area contributed by atoms with Crippen molar-refractivity contribution in [2.45, 2.75) is 52.4 Å². The van der Waals surface area contributed by atoms with Gasteiger partial charge in [-0.2, -0.15) is 10.1 Å². The third kappa shape index (κ3) is 4.21. The minimum absolute atomic E-state index is 0.278. The summed E-state index contributed by atoms with van der Waals surface area (Å²) in [5.41, 5.74) is 11.5. The van der Waals surface area contributed by atoms with Gasteiger partial charge in [0.1, 0.15) is 0 Å². The van der Waals surface area contributed by atoms with Crippen LogP contribution in [0.2, 0.25) is 0 Å². The highest BCUT2D eigenvalue weighted by Crippen LogP contribution is 2.34. The van der Waals surface area contributed by atoms with Gasteiger partial charge in [0.15, 0.2) is 0 Å². The molecule has 0 radical (unpaired) electrons. The topological polar surface area (TPSA) is 99.3 Å². The molecular weight excluding hydrogens is 390 g/mol. The molecule has 4 aromatic rings. The summed E-state index contributed by atoms with van der Waals surface area (Å²) in [6.45, 7) is 8.36. The first-order chi connectivity index (χ1) is 14.8. The van der Waals surface area contributed by atoms with Crippen LogP contribution in [0.15, 0.2) is 47.2 Å². The van der Waals surface area contributed by atoms with E-state index in [0.29, 0.717) is 23.2 Å². The molecule has 0 saturated heterocycles. The number of fused-ring (bicyclic) bond motifs is 2. The van der Waals surface area contributed by atoms with Gasteiger partial charge in [0.2, 0.25) is 11.7 Å². The van der Waals surface area contributed by atoms with E-state index in [4.69, 9.17) is 10.3 Å². The van der Waals surface area contributed by atoms with Crippen LogP contribution < -0.4 is 5.73 Å². The zero-order valence-corrected chi connectivity index (χ0v) is 18.3. The molecule has 0 saturated carbocycles. The number of hydrogen-bond acceptors (Lipinski definition) is 5. The van der Waals surface area contributed by atoms with Crippen molar-refractivity contribution in [2.75, 3.05) is 0 Å². The van der Waals surface area contributed by atoms with Crippen LogP contribution in [0.5, 0.6) is 0 Å². The van der Waals surface area contributed by atoms with E-state index in [1.54, 1.807) is 10.7 Å². The summed E-state index contributed by atoms with van der Waals surface area (Å²) >= 11 is 0. The molecule has 1 aliphatic carbocycles. The molecule has 31 heavy (non-hydrogen) atoms. The molecule has 5 rings (SSSR count). The van der Waals surface area contributed by atoms with Crippen molar-refractivity contribution in [3.63, 3.8) is 0 Å². The van der Waals surface area contributed by atoms with E-state index < -0.39 is 5.91 Å². The average molecular weight is 418 g/mol. The first kappa shape index (κ1) is 20.8. The first-order valence-electron chi connectivity index (χ1n) is 10.5. The molecule has 0 fully saturated rings. The van der Waals surface area contributed by atoms with E-state index >= 15 is 0 Å². The van der Waals surface area contributed by atoms with Crippen LogP contribution in [0.4, 0.5) is 0 Å². The van der Waals surface area contributed by atoms with Gasteiger partial charge in [-0.25, -0.2) is 4.52 Å². The zero-order valence-electron chi connectivity index (χ0n) is 18.3. The van der Waals surface area contributed by atoms with Crippen molar-refractivity contribution < 1.29 is 9.32 Å². The third-order valence-electron chi connectivity index (χ3n) is 5.66. The van der Waals surface area contributed by atoms with Gasteiger partial charge >= 0.3 is 0 Å². The molecule has 7 nitrogen and oxygen atoms in total. The molecule has 3 aromatic heterocycles. The summed E-state index contributed by atoms with van der Waals surface area (Å²) in [6.07, 6.45) is 5.70. The number of pyridine rings is 1. The quantitative estimate of drug-likeness (QED) is 0.523. The Labute approximate surface area is 181 Å². The Hall–Kier alpha value is -3.48. The molecule has 1 atom stereocenters. The second-order valence-corrected chi connectivity index (χ2v) is 8.42. The number of benzene rings is 1. The zero-order chi connectivity index (χ0) is 22.1. The fraction of sp³-hybridized carbons (Fsp3) is 0.333. The molecule has 0 spiro atoms. The Morgan fingerprint density at radius 3 is 2.77 bits per heavy atom. The molecule has 0 bridgehead atoms. The predicted octanol–water partition coefficient (Wildman–Crippen LogP) is 4.65. The second kappa shape index (κ2) is 8.34. The number of aromatic nitrogens is 4. The SMILES string of the molecule is CC(C)c1nc(-c2ccc3c(c2)CC[C@H]3C)no1.Cc1ccn2ncc(C(N)=O)c2c1. The summed E-state index contributed by atoms with van der Waals surface area (Å²) in [5, 5.41) is 8.06. The van der Waals surface area contributed by atoms with Gasteiger partial charge in [-0.15, -0.1) is 0 Å². The summed E-state index contributed by atoms with van der Waals surface area (Å²) in [7, 11) is 0. The summed E-state index contributed by atoms with van der Waals surface area (Å²) < 4.78 is 6.89. The number of hydrogen-bond donors (Lipinski definition) is 1. The van der Waals surface area contributed by atoms with E-state index in [2.05, 4.69) is 54.2 Å². The molecule has 0 unspecified atom stereocenters. The molecule has 0 aliphatic heterocycles. The maximum absolute atomic E-state index is 11.0. The number of amides is 1. The van der Waals surface area contributed by atoms with Crippen LogP contribution in [-0.2, 0) is 6.42 Å². The molecule has 7 heteroatoms. The maximum atomic E-state index is 11.0. The molecule has 1 aliphatic rings. The van der Waals surface area contributed by atoms with Crippen LogP contribution in [0.1, 0.15) is 72.0 Å². The molecule has 1 aromatic carbocycles. The van der Waals surface area contributed by atoms with Gasteiger partial charge in [-0.3, -0.25) is 4.79 Å². The van der Waals surface area contributed by atoms with Crippen molar-refractivity contribution in [1.29, 1.82) is 0 Å². The molecular formula is C24H27N5O2. The highest BCUT2D eigenvalue weighted by molar-refractivity contribution is 5.99. The lowest BCUT2D eigenvalue weighted by molar-refractivity contribution is 0.100. The lowest BCUT2D eigenvalue weighted by Crippen LogP contribution is -2.10. The maximum Gasteiger partial charge on any atom is 0.252 e. The van der Waals surface area contributed by atoms with E-state index in [9.17, 15) is 4.79 Å². The van der Waals surface area contributed by atoms with Crippen LogP contribution in [0.3, 0.4) is 0 Å². The Morgan fingerprint density at radius 2 is 2.06 bits per heavy atom. The van der Waals surface area contributed by atoms with E-state index in [0.717, 1.165) is 16.6 Å². The summed E-state index contributed by atoms with van der Waals surface area (Å²) in [6, 6.07) is 10.3. The largest absolute Gasteiger partial charge is 0.365 e. The van der Waals surface area contributed by atoms with Gasteiger partial charge in [0.25, 0.3) is 5.91 Å². The number of carbonyl (C=O) groups is 1. The average Bonchev–Trinajstić information content (AvgIpc) is 3.46. The minimum Gasteiger partial charge on any atom is -0.365 e. The van der Waals surface area contributed by atoms with Gasteiger partial charge in [0, 0.05) is 17.7 Å². The summed E-state index contributed by atoms with van der Waals surface area (Å²) in [5.74, 6) is 1.94. The van der Waals surface area contributed by atoms with Crippen LogP contribution >= 0.6 is 0 Å². The van der Waals surface area contributed by atoms with Gasteiger partial charge in [-0.1, -0.05) is 38.1 Å². The second-order valence-electron chi connectivity index (χ2n) is 8.42. The number of aryl methyl sites for hydroxylation is 2. The van der Waals surface area contributed by atoms with Crippen molar-refractivity contribution in [1.82, 2.24) is 19.8 Å². The minimum atomic E-state index is -0.444. The number of primary amides is 1. The van der Waals surface area contributed by atoms with E-state index in [-0.39, 0.29) is 5.92 Å². The lowest BCUT2D eigenvalue weighted by atomic mass is 10.0. The number of nitrogens with two attached hydrogens (primary N) is 1. The number of nitrogens with zero attached hydrogens (tertiary/aromatic N) is 4. The predicted molar refractivity (Wildman–Crippen MR) is 119 cm³/mol. The van der Waals surface area contributed by atoms with E-state index in [1.165, 1.54) is 30.2 Å². The normalized spacial score (nSPS) is 15.1. The fourth-order valence-corrected chi connectivity index (χ4v) is 3.83. The third-order valence-corrected chi connectivity index (χ3v) is 5.66. The Bertz CT molecular complexity index is 1240. The smallest absolute Gasteiger partial charge is 0.252 e. The van der Waals surface area contributed by atoms with Gasteiger partial charge < -0.3 is 10.3 Å². The Kier molecular flexibility index (Phi) is 5.59. The first-order valence-corrected chi connectivity index (χ1v) is 10.5. The molecule has 3 heterocycles. The van der Waals surface area contributed by atoms with E-state index in [1.807, 2.05) is 19.1 Å². The summed E-state index contributed by atoms with van der Waals surface area (Å²) in [4.78, 5) is 15.4. The van der Waals surface area contributed by atoms with Crippen molar-refractivity contribution >= 4 is 11.4 Å². The Morgan fingerprint density at radius 1 is 1.26 bits per heavy atom. The lowest BCUT2D eigenvalue weighted by Gasteiger charge is -2.04. The fourth-order valence-electron chi connectivity index (χ4n) is 3.83. The van der Waals surface area contributed by atoms with Crippen LogP contribution in [0.25, 0.3) is 16.9 Å². The van der Waals surface area contributed by atoms with Gasteiger partial charge in [-0.05, 0) is 60.6 Å². The molecule has 160 valence electrons. The number of carbonyl (C=O) groups excluding carboxylic acids is 1. The molecule has 1 amide bonds. The highest BCUT2D eigenvalue weighted by atomic mass is 16.5. The van der Waals surface area contributed by atoms with Crippen LogP contribution in [0, 0.1) is 6.92 Å².